The number of aromatic nitrogens is 2. The van der Waals surface area contributed by atoms with Crippen LogP contribution in [0.3, 0.4) is 0 Å². The molecule has 1 atom stereocenters. The molecule has 0 aliphatic heterocycles. The van der Waals surface area contributed by atoms with Crippen LogP contribution in [-0.2, 0) is 11.3 Å². The zero-order chi connectivity index (χ0) is 12.9. The van der Waals surface area contributed by atoms with Crippen LogP contribution in [0, 0.1) is 11.3 Å². The van der Waals surface area contributed by atoms with Gasteiger partial charge in [-0.05, 0) is 17.8 Å². The second-order valence-electron chi connectivity index (χ2n) is 5.96. The van der Waals surface area contributed by atoms with Crippen molar-refractivity contribution in [3.8, 4) is 0 Å². The molecule has 0 radical (unpaired) electrons. The monoisotopic (exact) mass is 237 g/mol. The number of rotatable bonds is 5. The summed E-state index contributed by atoms with van der Waals surface area (Å²) in [6.45, 7) is 9.28. The van der Waals surface area contributed by atoms with Crippen LogP contribution in [0.2, 0.25) is 0 Å². The van der Waals surface area contributed by atoms with E-state index in [9.17, 15) is 4.79 Å². The van der Waals surface area contributed by atoms with Crippen LogP contribution < -0.4 is 5.32 Å². The molecule has 1 aromatic heterocycles. The third kappa shape index (κ3) is 6.09. The minimum Gasteiger partial charge on any atom is -0.352 e. The zero-order valence-electron chi connectivity index (χ0n) is 11.2. The molecular weight excluding hydrogens is 214 g/mol. The molecule has 0 fully saturated rings. The normalized spacial score (nSPS) is 13.4. The third-order valence-corrected chi connectivity index (χ3v) is 2.54. The van der Waals surface area contributed by atoms with E-state index in [1.54, 1.807) is 12.4 Å². The van der Waals surface area contributed by atoms with E-state index in [0.717, 1.165) is 12.0 Å². The van der Waals surface area contributed by atoms with Gasteiger partial charge in [0.15, 0.2) is 0 Å². The van der Waals surface area contributed by atoms with Crippen molar-refractivity contribution in [2.45, 2.75) is 47.1 Å². The molecule has 2 N–H and O–H groups in total. The third-order valence-electron chi connectivity index (χ3n) is 2.54. The van der Waals surface area contributed by atoms with Crippen LogP contribution in [0.4, 0.5) is 0 Å². The minimum absolute atomic E-state index is 0.114. The fourth-order valence-corrected chi connectivity index (χ4v) is 2.08. The van der Waals surface area contributed by atoms with E-state index >= 15 is 0 Å². The van der Waals surface area contributed by atoms with Gasteiger partial charge in [-0.2, -0.15) is 5.10 Å². The average Bonchev–Trinajstić information content (AvgIpc) is 2.63. The van der Waals surface area contributed by atoms with Crippen molar-refractivity contribution in [2.24, 2.45) is 11.3 Å². The molecule has 96 valence electrons. The zero-order valence-corrected chi connectivity index (χ0v) is 11.2. The predicted molar refractivity (Wildman–Crippen MR) is 68.3 cm³/mol. The molecule has 0 aromatic carbocycles. The van der Waals surface area contributed by atoms with Crippen molar-refractivity contribution in [3.63, 3.8) is 0 Å². The number of H-pyrrole nitrogens is 1. The summed E-state index contributed by atoms with van der Waals surface area (Å²) >= 11 is 0. The number of carbonyl (C=O) groups excluding carboxylic acids is 1. The summed E-state index contributed by atoms with van der Waals surface area (Å²) in [7, 11) is 0. The summed E-state index contributed by atoms with van der Waals surface area (Å²) in [5.41, 5.74) is 1.28. The Morgan fingerprint density at radius 1 is 1.53 bits per heavy atom. The maximum atomic E-state index is 11.7. The van der Waals surface area contributed by atoms with Gasteiger partial charge >= 0.3 is 0 Å². The van der Waals surface area contributed by atoms with Crippen LogP contribution in [-0.4, -0.2) is 16.1 Å². The fourth-order valence-electron chi connectivity index (χ4n) is 2.08. The lowest BCUT2D eigenvalue weighted by atomic mass is 9.84. The molecule has 1 heterocycles. The standard InChI is InChI=1S/C13H23N3O/c1-10(6-13(2,3)4)5-12(17)14-7-11-8-15-16-9-11/h8-10H,5-7H2,1-4H3,(H,14,17)(H,15,16). The lowest BCUT2D eigenvalue weighted by molar-refractivity contribution is -0.122. The number of nitrogens with zero attached hydrogens (tertiary/aromatic N) is 1. The molecule has 0 saturated heterocycles. The number of amides is 1. The molecule has 0 aliphatic rings. The first-order chi connectivity index (χ1) is 7.87. The Hall–Kier alpha value is -1.32. The van der Waals surface area contributed by atoms with Gasteiger partial charge in [0.25, 0.3) is 0 Å². The lowest BCUT2D eigenvalue weighted by Crippen LogP contribution is -2.25. The molecule has 0 saturated carbocycles. The molecular formula is C13H23N3O. The summed E-state index contributed by atoms with van der Waals surface area (Å²) in [6.07, 6.45) is 5.17. The number of hydrogen-bond acceptors (Lipinski definition) is 2. The molecule has 1 amide bonds. The average molecular weight is 237 g/mol. The Labute approximate surface area is 103 Å². The molecule has 0 bridgehead atoms. The Balaban J connectivity index is 2.25. The van der Waals surface area contributed by atoms with Gasteiger partial charge < -0.3 is 5.32 Å². The summed E-state index contributed by atoms with van der Waals surface area (Å²) in [5.74, 6) is 0.530. The molecule has 1 aromatic rings. The number of nitrogens with one attached hydrogen (secondary N) is 2. The maximum Gasteiger partial charge on any atom is 0.220 e. The highest BCUT2D eigenvalue weighted by atomic mass is 16.1. The Morgan fingerprint density at radius 3 is 2.76 bits per heavy atom. The molecule has 0 spiro atoms. The minimum atomic E-state index is 0.114. The van der Waals surface area contributed by atoms with Crippen LogP contribution >= 0.6 is 0 Å². The summed E-state index contributed by atoms with van der Waals surface area (Å²) in [4.78, 5) is 11.7. The molecule has 4 nitrogen and oxygen atoms in total. The first kappa shape index (κ1) is 13.7. The van der Waals surface area contributed by atoms with Crippen molar-refractivity contribution < 1.29 is 4.79 Å². The van der Waals surface area contributed by atoms with Crippen molar-refractivity contribution >= 4 is 5.91 Å². The molecule has 17 heavy (non-hydrogen) atoms. The summed E-state index contributed by atoms with van der Waals surface area (Å²) < 4.78 is 0. The second kappa shape index (κ2) is 5.84. The van der Waals surface area contributed by atoms with E-state index in [1.807, 2.05) is 0 Å². The van der Waals surface area contributed by atoms with E-state index in [0.29, 0.717) is 18.9 Å². The highest BCUT2D eigenvalue weighted by molar-refractivity contribution is 5.76. The van der Waals surface area contributed by atoms with E-state index < -0.39 is 0 Å². The first-order valence-electron chi connectivity index (χ1n) is 6.11. The van der Waals surface area contributed by atoms with Gasteiger partial charge in [-0.15, -0.1) is 0 Å². The smallest absolute Gasteiger partial charge is 0.220 e. The van der Waals surface area contributed by atoms with E-state index in [-0.39, 0.29) is 11.3 Å². The molecule has 1 rings (SSSR count). The second-order valence-corrected chi connectivity index (χ2v) is 5.96. The van der Waals surface area contributed by atoms with Crippen LogP contribution in [0.25, 0.3) is 0 Å². The topological polar surface area (TPSA) is 57.8 Å². The predicted octanol–water partition coefficient (Wildman–Crippen LogP) is 2.49. The van der Waals surface area contributed by atoms with Gasteiger partial charge in [0, 0.05) is 24.7 Å². The molecule has 4 heteroatoms. The van der Waals surface area contributed by atoms with Crippen LogP contribution in [0.15, 0.2) is 12.4 Å². The van der Waals surface area contributed by atoms with Crippen molar-refractivity contribution in [1.82, 2.24) is 15.5 Å². The van der Waals surface area contributed by atoms with Crippen LogP contribution in [0.5, 0.6) is 0 Å². The van der Waals surface area contributed by atoms with Crippen molar-refractivity contribution in [2.75, 3.05) is 0 Å². The number of hydrogen-bond donors (Lipinski definition) is 2. The van der Waals surface area contributed by atoms with Gasteiger partial charge in [-0.1, -0.05) is 27.7 Å². The highest BCUT2D eigenvalue weighted by Crippen LogP contribution is 2.25. The van der Waals surface area contributed by atoms with E-state index in [4.69, 9.17) is 0 Å². The summed E-state index contributed by atoms with van der Waals surface area (Å²) in [5, 5.41) is 9.46. The number of carbonyl (C=O) groups is 1. The summed E-state index contributed by atoms with van der Waals surface area (Å²) in [6, 6.07) is 0. The maximum absolute atomic E-state index is 11.7. The van der Waals surface area contributed by atoms with Gasteiger partial charge in [0.1, 0.15) is 0 Å². The first-order valence-corrected chi connectivity index (χ1v) is 6.11. The number of aromatic amines is 1. The van der Waals surface area contributed by atoms with Crippen molar-refractivity contribution in [1.29, 1.82) is 0 Å². The van der Waals surface area contributed by atoms with Crippen molar-refractivity contribution in [3.05, 3.63) is 18.0 Å². The fraction of sp³-hybridized carbons (Fsp3) is 0.692. The van der Waals surface area contributed by atoms with E-state index in [2.05, 4.69) is 43.2 Å². The SMILES string of the molecule is CC(CC(=O)NCc1cn[nH]c1)CC(C)(C)C. The van der Waals surface area contributed by atoms with E-state index in [1.165, 1.54) is 0 Å². The molecule has 1 unspecified atom stereocenters. The Kier molecular flexibility index (Phi) is 4.73. The van der Waals surface area contributed by atoms with Gasteiger partial charge in [-0.3, -0.25) is 9.89 Å². The highest BCUT2D eigenvalue weighted by Gasteiger charge is 2.17. The Morgan fingerprint density at radius 2 is 2.24 bits per heavy atom. The molecule has 0 aliphatic carbocycles. The van der Waals surface area contributed by atoms with Gasteiger partial charge in [0.05, 0.1) is 6.20 Å². The largest absolute Gasteiger partial charge is 0.352 e. The quantitative estimate of drug-likeness (QED) is 0.826. The van der Waals surface area contributed by atoms with Gasteiger partial charge in [0.2, 0.25) is 5.91 Å². The Bertz CT molecular complexity index is 338. The van der Waals surface area contributed by atoms with Gasteiger partial charge in [-0.25, -0.2) is 0 Å². The van der Waals surface area contributed by atoms with Crippen LogP contribution in [0.1, 0.15) is 46.1 Å². The lowest BCUT2D eigenvalue weighted by Gasteiger charge is -2.22.